The lowest BCUT2D eigenvalue weighted by molar-refractivity contribution is -0.137. The molecule has 2 heterocycles. The molecule has 1 aromatic carbocycles. The average molecular weight is 445 g/mol. The van der Waals surface area contributed by atoms with Gasteiger partial charge in [0.2, 0.25) is 0 Å². The first-order valence-corrected chi connectivity index (χ1v) is 9.08. The van der Waals surface area contributed by atoms with Crippen molar-refractivity contribution in [1.29, 1.82) is 0 Å². The number of carbonyl (C=O) groups is 1. The van der Waals surface area contributed by atoms with Crippen LogP contribution in [0.5, 0.6) is 0 Å². The molecule has 2 aromatic heterocycles. The summed E-state index contributed by atoms with van der Waals surface area (Å²) in [5.74, 6) is -0.272. The molecule has 152 valence electrons. The fourth-order valence-corrected chi connectivity index (χ4v) is 3.02. The number of rotatable bonds is 5. The van der Waals surface area contributed by atoms with Gasteiger partial charge in [0.15, 0.2) is 11.6 Å². The van der Waals surface area contributed by atoms with E-state index in [1.165, 1.54) is 12.3 Å². The number of carbonyl (C=O) groups excluding carboxylic acids is 1. The lowest BCUT2D eigenvalue weighted by Crippen LogP contribution is -2.27. The quantitative estimate of drug-likeness (QED) is 0.584. The van der Waals surface area contributed by atoms with E-state index in [2.05, 4.69) is 10.1 Å². The molecular weight excluding hydrogens is 432 g/mol. The SMILES string of the molecule is CCC(=O)Cn1nc(-c2ncc(Cl)cc2Cl)n(-c2ccc(C(F)(F)F)cc2)c1=O. The second-order valence-corrected chi connectivity index (χ2v) is 6.86. The Hall–Kier alpha value is -2.65. The van der Waals surface area contributed by atoms with Crippen molar-refractivity contribution in [3.63, 3.8) is 0 Å². The van der Waals surface area contributed by atoms with Gasteiger partial charge in [0.25, 0.3) is 0 Å². The summed E-state index contributed by atoms with van der Waals surface area (Å²) in [5.41, 5.74) is -1.38. The van der Waals surface area contributed by atoms with Crippen LogP contribution in [0, 0.1) is 0 Å². The Bertz CT molecular complexity index is 1120. The number of benzene rings is 1. The van der Waals surface area contributed by atoms with Crippen LogP contribution in [0.2, 0.25) is 10.0 Å². The third-order valence-corrected chi connectivity index (χ3v) is 4.53. The maximum absolute atomic E-state index is 12.9. The Morgan fingerprint density at radius 3 is 2.38 bits per heavy atom. The first-order valence-electron chi connectivity index (χ1n) is 8.32. The molecule has 0 atom stereocenters. The van der Waals surface area contributed by atoms with Crippen LogP contribution in [0.15, 0.2) is 41.3 Å². The number of hydrogen-bond donors (Lipinski definition) is 0. The second kappa shape index (κ2) is 8.00. The van der Waals surface area contributed by atoms with Gasteiger partial charge in [0.05, 0.1) is 21.3 Å². The van der Waals surface area contributed by atoms with E-state index in [0.717, 1.165) is 33.5 Å². The van der Waals surface area contributed by atoms with Gasteiger partial charge in [-0.3, -0.25) is 4.79 Å². The van der Waals surface area contributed by atoms with Gasteiger partial charge in [-0.25, -0.2) is 19.0 Å². The molecule has 11 heteroatoms. The highest BCUT2D eigenvalue weighted by Crippen LogP contribution is 2.31. The van der Waals surface area contributed by atoms with Crippen molar-refractivity contribution in [2.45, 2.75) is 26.1 Å². The topological polar surface area (TPSA) is 69.8 Å². The maximum atomic E-state index is 12.9. The predicted molar refractivity (Wildman–Crippen MR) is 101 cm³/mol. The molecule has 29 heavy (non-hydrogen) atoms. The fraction of sp³-hybridized carbons (Fsp3) is 0.222. The number of alkyl halides is 3. The highest BCUT2D eigenvalue weighted by molar-refractivity contribution is 6.35. The number of hydrogen-bond acceptors (Lipinski definition) is 4. The standard InChI is InChI=1S/C18H13Cl2F3N4O2/c1-2-13(28)9-26-17(29)27(12-5-3-10(4-6-12)18(21,22)23)16(25-26)15-14(20)7-11(19)8-24-15/h3-8H,2,9H2,1H3. The van der Waals surface area contributed by atoms with Crippen LogP contribution in [-0.4, -0.2) is 25.1 Å². The first kappa shape index (κ1) is 21.1. The minimum absolute atomic E-state index is 0.0275. The van der Waals surface area contributed by atoms with Gasteiger partial charge in [-0.2, -0.15) is 13.2 Å². The van der Waals surface area contributed by atoms with Crippen LogP contribution >= 0.6 is 23.2 Å². The molecule has 0 aliphatic carbocycles. The van der Waals surface area contributed by atoms with Crippen molar-refractivity contribution in [1.82, 2.24) is 19.3 Å². The normalized spacial score (nSPS) is 11.7. The number of ketones is 1. The number of pyridine rings is 1. The van der Waals surface area contributed by atoms with Crippen LogP contribution in [0.25, 0.3) is 17.2 Å². The Morgan fingerprint density at radius 2 is 1.83 bits per heavy atom. The Balaban J connectivity index is 2.21. The highest BCUT2D eigenvalue weighted by atomic mass is 35.5. The van der Waals surface area contributed by atoms with E-state index in [9.17, 15) is 22.8 Å². The van der Waals surface area contributed by atoms with E-state index < -0.39 is 17.4 Å². The Labute approximate surface area is 172 Å². The summed E-state index contributed by atoms with van der Waals surface area (Å²) in [6, 6.07) is 5.34. The van der Waals surface area contributed by atoms with Crippen molar-refractivity contribution in [2.75, 3.05) is 0 Å². The lowest BCUT2D eigenvalue weighted by Gasteiger charge is -2.09. The zero-order valence-corrected chi connectivity index (χ0v) is 16.4. The van der Waals surface area contributed by atoms with Gasteiger partial charge in [0.1, 0.15) is 12.2 Å². The van der Waals surface area contributed by atoms with Gasteiger partial charge < -0.3 is 0 Å². The van der Waals surface area contributed by atoms with Gasteiger partial charge in [-0.15, -0.1) is 5.10 Å². The first-order chi connectivity index (χ1) is 13.6. The zero-order chi connectivity index (χ0) is 21.3. The van der Waals surface area contributed by atoms with E-state index in [0.29, 0.717) is 0 Å². The summed E-state index contributed by atoms with van der Waals surface area (Å²) in [5, 5.41) is 4.48. The molecule has 0 saturated heterocycles. The zero-order valence-electron chi connectivity index (χ0n) is 14.9. The van der Waals surface area contributed by atoms with Gasteiger partial charge in [0, 0.05) is 12.6 Å². The molecule has 0 aliphatic rings. The van der Waals surface area contributed by atoms with E-state index in [-0.39, 0.29) is 46.0 Å². The lowest BCUT2D eigenvalue weighted by atomic mass is 10.2. The molecule has 0 bridgehead atoms. The summed E-state index contributed by atoms with van der Waals surface area (Å²) in [6.45, 7) is 1.35. The fourth-order valence-electron chi connectivity index (χ4n) is 2.55. The smallest absolute Gasteiger partial charge is 0.298 e. The number of Topliss-reactive ketones (excluding diaryl/α,β-unsaturated/α-hetero) is 1. The van der Waals surface area contributed by atoms with Crippen LogP contribution in [0.1, 0.15) is 18.9 Å². The van der Waals surface area contributed by atoms with E-state index in [4.69, 9.17) is 23.2 Å². The Kier molecular flexibility index (Phi) is 5.81. The van der Waals surface area contributed by atoms with Crippen LogP contribution < -0.4 is 5.69 Å². The van der Waals surface area contributed by atoms with Gasteiger partial charge >= 0.3 is 11.9 Å². The maximum Gasteiger partial charge on any atom is 0.416 e. The van der Waals surface area contributed by atoms with Crippen molar-refractivity contribution < 1.29 is 18.0 Å². The van der Waals surface area contributed by atoms with Crippen molar-refractivity contribution >= 4 is 29.0 Å². The summed E-state index contributed by atoms with van der Waals surface area (Å²) < 4.78 is 40.6. The molecular formula is C18H13Cl2F3N4O2. The molecule has 0 amide bonds. The molecule has 3 rings (SSSR count). The number of halogens is 5. The minimum Gasteiger partial charge on any atom is -0.298 e. The molecule has 0 aliphatic heterocycles. The molecule has 6 nitrogen and oxygen atoms in total. The molecule has 0 radical (unpaired) electrons. The van der Waals surface area contributed by atoms with Crippen LogP contribution in [0.4, 0.5) is 13.2 Å². The molecule has 0 fully saturated rings. The summed E-state index contributed by atoms with van der Waals surface area (Å²) in [6.07, 6.45) is -3.04. The molecule has 0 unspecified atom stereocenters. The summed E-state index contributed by atoms with van der Waals surface area (Å²) in [7, 11) is 0. The predicted octanol–water partition coefficient (Wildman–Crippen LogP) is 4.40. The largest absolute Gasteiger partial charge is 0.416 e. The monoisotopic (exact) mass is 444 g/mol. The summed E-state index contributed by atoms with van der Waals surface area (Å²) in [4.78, 5) is 28.7. The molecule has 0 saturated carbocycles. The van der Waals surface area contributed by atoms with E-state index in [1.54, 1.807) is 6.92 Å². The third-order valence-electron chi connectivity index (χ3n) is 4.03. The number of nitrogens with zero attached hydrogens (tertiary/aromatic N) is 4. The highest BCUT2D eigenvalue weighted by Gasteiger charge is 2.30. The third kappa shape index (κ3) is 4.35. The van der Waals surface area contributed by atoms with Crippen molar-refractivity contribution in [3.05, 3.63) is 62.6 Å². The Morgan fingerprint density at radius 1 is 1.17 bits per heavy atom. The molecule has 0 N–H and O–H groups in total. The second-order valence-electron chi connectivity index (χ2n) is 6.02. The van der Waals surface area contributed by atoms with Crippen LogP contribution in [-0.2, 0) is 17.5 Å². The molecule has 0 spiro atoms. The van der Waals surface area contributed by atoms with Crippen molar-refractivity contribution in [3.8, 4) is 17.2 Å². The van der Waals surface area contributed by atoms with E-state index >= 15 is 0 Å². The van der Waals surface area contributed by atoms with E-state index in [1.807, 2.05) is 0 Å². The van der Waals surface area contributed by atoms with Crippen molar-refractivity contribution in [2.24, 2.45) is 0 Å². The van der Waals surface area contributed by atoms with Crippen LogP contribution in [0.3, 0.4) is 0 Å². The minimum atomic E-state index is -4.52. The average Bonchev–Trinajstić information content (AvgIpc) is 2.97. The van der Waals surface area contributed by atoms with Gasteiger partial charge in [-0.1, -0.05) is 30.1 Å². The van der Waals surface area contributed by atoms with Gasteiger partial charge in [-0.05, 0) is 30.3 Å². The summed E-state index contributed by atoms with van der Waals surface area (Å²) >= 11 is 12.0. The number of aromatic nitrogens is 4. The molecule has 3 aromatic rings.